The van der Waals surface area contributed by atoms with Crippen LogP contribution in [0.1, 0.15) is 39.3 Å². The number of aromatic nitrogens is 1. The van der Waals surface area contributed by atoms with Crippen LogP contribution >= 0.6 is 11.3 Å². The van der Waals surface area contributed by atoms with E-state index < -0.39 is 0 Å². The highest BCUT2D eigenvalue weighted by Gasteiger charge is 2.18. The number of benzene rings is 1. The van der Waals surface area contributed by atoms with Gasteiger partial charge in [-0.1, -0.05) is 6.92 Å². The second-order valence-corrected chi connectivity index (χ2v) is 8.10. The summed E-state index contributed by atoms with van der Waals surface area (Å²) in [7, 11) is 2.16. The zero-order valence-corrected chi connectivity index (χ0v) is 16.9. The largest absolute Gasteiger partial charge is 0.369 e. The number of nitrogens with one attached hydrogen (secondary N) is 1. The van der Waals surface area contributed by atoms with Gasteiger partial charge in [-0.2, -0.15) is 0 Å². The van der Waals surface area contributed by atoms with Crippen molar-refractivity contribution in [1.29, 1.82) is 0 Å². The Balaban J connectivity index is 1.70. The average Bonchev–Trinajstić information content (AvgIpc) is 2.97. The van der Waals surface area contributed by atoms with Gasteiger partial charge < -0.3 is 15.1 Å². The Morgan fingerprint density at radius 1 is 1.23 bits per heavy atom. The zero-order chi connectivity index (χ0) is 18.7. The molecule has 0 spiro atoms. The molecule has 6 heteroatoms. The summed E-state index contributed by atoms with van der Waals surface area (Å²) in [6.07, 6.45) is 1.97. The monoisotopic (exact) mass is 372 g/mol. The van der Waals surface area contributed by atoms with Gasteiger partial charge in [0, 0.05) is 37.6 Å². The molecule has 0 bridgehead atoms. The fraction of sp³-hybridized carbons (Fsp3) is 0.500. The van der Waals surface area contributed by atoms with Gasteiger partial charge in [0.25, 0.3) is 5.91 Å². The summed E-state index contributed by atoms with van der Waals surface area (Å²) in [5.41, 5.74) is 4.12. The third-order valence-electron chi connectivity index (χ3n) is 4.81. The first kappa shape index (κ1) is 18.9. The van der Waals surface area contributed by atoms with Crippen molar-refractivity contribution >= 4 is 28.6 Å². The molecule has 1 fully saturated rings. The zero-order valence-electron chi connectivity index (χ0n) is 16.1. The van der Waals surface area contributed by atoms with Crippen LogP contribution in [0, 0.1) is 13.8 Å². The molecule has 1 aliphatic rings. The SMILES string of the molecule is CCCc1nc(C)c(C(=O)Nc2ccc(N3CCN(C)CC3)c(C)c2)s1. The maximum absolute atomic E-state index is 12.6. The number of nitrogens with zero attached hydrogens (tertiary/aromatic N) is 3. The summed E-state index contributed by atoms with van der Waals surface area (Å²) >= 11 is 1.51. The molecule has 0 radical (unpaired) electrons. The van der Waals surface area contributed by atoms with Crippen molar-refractivity contribution in [3.63, 3.8) is 0 Å². The lowest BCUT2D eigenvalue weighted by Crippen LogP contribution is -2.44. The van der Waals surface area contributed by atoms with E-state index in [9.17, 15) is 4.79 Å². The smallest absolute Gasteiger partial charge is 0.267 e. The molecular formula is C20H28N4OS. The van der Waals surface area contributed by atoms with Crippen LogP contribution in [0.4, 0.5) is 11.4 Å². The summed E-state index contributed by atoms with van der Waals surface area (Å²) in [6.45, 7) is 10.4. The second kappa shape index (κ2) is 8.18. The molecule has 0 aliphatic carbocycles. The molecule has 2 heterocycles. The first-order valence-corrected chi connectivity index (χ1v) is 10.1. The van der Waals surface area contributed by atoms with Gasteiger partial charge in [0.05, 0.1) is 10.7 Å². The van der Waals surface area contributed by atoms with Crippen molar-refractivity contribution in [2.24, 2.45) is 0 Å². The number of thiazole rings is 1. The number of carbonyl (C=O) groups is 1. The number of hydrogen-bond acceptors (Lipinski definition) is 5. The van der Waals surface area contributed by atoms with Crippen molar-refractivity contribution < 1.29 is 4.79 Å². The van der Waals surface area contributed by atoms with Crippen LogP contribution in [-0.2, 0) is 6.42 Å². The molecular weight excluding hydrogens is 344 g/mol. The average molecular weight is 373 g/mol. The molecule has 1 saturated heterocycles. The molecule has 0 unspecified atom stereocenters. The molecule has 1 amide bonds. The molecule has 26 heavy (non-hydrogen) atoms. The molecule has 1 aliphatic heterocycles. The van der Waals surface area contributed by atoms with Crippen molar-refractivity contribution in [2.75, 3.05) is 43.4 Å². The van der Waals surface area contributed by atoms with Crippen LogP contribution in [0.5, 0.6) is 0 Å². The molecule has 0 atom stereocenters. The Morgan fingerprint density at radius 2 is 1.96 bits per heavy atom. The maximum atomic E-state index is 12.6. The Labute approximate surface area is 160 Å². The molecule has 140 valence electrons. The lowest BCUT2D eigenvalue weighted by molar-refractivity contribution is 0.103. The highest BCUT2D eigenvalue weighted by atomic mass is 32.1. The molecule has 0 saturated carbocycles. The van der Waals surface area contributed by atoms with Gasteiger partial charge in [0.2, 0.25) is 0 Å². The molecule has 1 aromatic carbocycles. The van der Waals surface area contributed by atoms with Crippen LogP contribution in [0.25, 0.3) is 0 Å². The number of hydrogen-bond donors (Lipinski definition) is 1. The highest BCUT2D eigenvalue weighted by Crippen LogP contribution is 2.26. The Hall–Kier alpha value is -1.92. The van der Waals surface area contributed by atoms with Crippen molar-refractivity contribution in [3.05, 3.63) is 39.3 Å². The normalized spacial score (nSPS) is 15.3. The van der Waals surface area contributed by atoms with E-state index in [-0.39, 0.29) is 5.91 Å². The van der Waals surface area contributed by atoms with Crippen LogP contribution in [0.3, 0.4) is 0 Å². The minimum absolute atomic E-state index is 0.0610. The Morgan fingerprint density at radius 3 is 2.62 bits per heavy atom. The predicted octanol–water partition coefficient (Wildman–Crippen LogP) is 3.72. The lowest BCUT2D eigenvalue weighted by atomic mass is 10.1. The minimum Gasteiger partial charge on any atom is -0.369 e. The van der Waals surface area contributed by atoms with Gasteiger partial charge >= 0.3 is 0 Å². The summed E-state index contributed by atoms with van der Waals surface area (Å²) in [5.74, 6) is -0.0610. The van der Waals surface area contributed by atoms with E-state index in [2.05, 4.69) is 53.1 Å². The number of piperazine rings is 1. The summed E-state index contributed by atoms with van der Waals surface area (Å²) in [5, 5.41) is 4.08. The second-order valence-electron chi connectivity index (χ2n) is 7.02. The van der Waals surface area contributed by atoms with E-state index in [0.29, 0.717) is 4.88 Å². The van der Waals surface area contributed by atoms with E-state index in [1.165, 1.54) is 22.6 Å². The Bertz CT molecular complexity index is 778. The lowest BCUT2D eigenvalue weighted by Gasteiger charge is -2.35. The van der Waals surface area contributed by atoms with E-state index >= 15 is 0 Å². The van der Waals surface area contributed by atoms with Crippen molar-refractivity contribution in [3.8, 4) is 0 Å². The van der Waals surface area contributed by atoms with Gasteiger partial charge in [-0.3, -0.25) is 4.79 Å². The third kappa shape index (κ3) is 4.24. The Kier molecular flexibility index (Phi) is 5.94. The number of amides is 1. The van der Waals surface area contributed by atoms with E-state index in [0.717, 1.165) is 55.4 Å². The molecule has 5 nitrogen and oxygen atoms in total. The standard InChI is InChI=1S/C20H28N4OS/c1-5-6-18-21-15(3)19(26-18)20(25)22-16-7-8-17(14(2)13-16)24-11-9-23(4)10-12-24/h7-8,13H,5-6,9-12H2,1-4H3,(H,22,25). The van der Waals surface area contributed by atoms with E-state index in [4.69, 9.17) is 0 Å². The number of carbonyl (C=O) groups excluding carboxylic acids is 1. The fourth-order valence-corrected chi connectivity index (χ4v) is 4.37. The molecule has 3 rings (SSSR count). The minimum atomic E-state index is -0.0610. The van der Waals surface area contributed by atoms with Crippen molar-refractivity contribution in [2.45, 2.75) is 33.6 Å². The van der Waals surface area contributed by atoms with Gasteiger partial charge in [0.1, 0.15) is 4.88 Å². The highest BCUT2D eigenvalue weighted by molar-refractivity contribution is 7.13. The predicted molar refractivity (Wildman–Crippen MR) is 110 cm³/mol. The quantitative estimate of drug-likeness (QED) is 0.869. The number of likely N-dealkylation sites (N-methyl/N-ethyl adjacent to an activating group) is 1. The van der Waals surface area contributed by atoms with Gasteiger partial charge in [-0.05, 0) is 57.5 Å². The summed E-state index contributed by atoms with van der Waals surface area (Å²) in [4.78, 5) is 22.6. The molecule has 2 aromatic rings. The van der Waals surface area contributed by atoms with Crippen LogP contribution < -0.4 is 10.2 Å². The van der Waals surface area contributed by atoms with E-state index in [1.54, 1.807) is 0 Å². The maximum Gasteiger partial charge on any atom is 0.267 e. The van der Waals surface area contributed by atoms with Gasteiger partial charge in [-0.15, -0.1) is 11.3 Å². The van der Waals surface area contributed by atoms with Crippen LogP contribution in [0.2, 0.25) is 0 Å². The fourth-order valence-electron chi connectivity index (χ4n) is 3.31. The van der Waals surface area contributed by atoms with Crippen molar-refractivity contribution in [1.82, 2.24) is 9.88 Å². The summed E-state index contributed by atoms with van der Waals surface area (Å²) < 4.78 is 0. The summed E-state index contributed by atoms with van der Waals surface area (Å²) in [6, 6.07) is 6.19. The van der Waals surface area contributed by atoms with E-state index in [1.807, 2.05) is 13.0 Å². The number of rotatable bonds is 5. The first-order chi connectivity index (χ1) is 12.5. The number of anilines is 2. The van der Waals surface area contributed by atoms with Gasteiger partial charge in [-0.25, -0.2) is 4.98 Å². The number of aryl methyl sites for hydroxylation is 3. The molecule has 1 aromatic heterocycles. The van der Waals surface area contributed by atoms with Gasteiger partial charge in [0.15, 0.2) is 0 Å². The topological polar surface area (TPSA) is 48.5 Å². The first-order valence-electron chi connectivity index (χ1n) is 9.29. The van der Waals surface area contributed by atoms with Crippen LogP contribution in [0.15, 0.2) is 18.2 Å². The third-order valence-corrected chi connectivity index (χ3v) is 6.03. The molecule has 1 N–H and O–H groups in total. The van der Waals surface area contributed by atoms with Crippen LogP contribution in [-0.4, -0.2) is 49.0 Å².